The van der Waals surface area contributed by atoms with Gasteiger partial charge in [0.05, 0.1) is 18.5 Å². The Morgan fingerprint density at radius 3 is 2.47 bits per heavy atom. The molecule has 0 bridgehead atoms. The second-order valence-electron chi connectivity index (χ2n) is 7.15. The van der Waals surface area contributed by atoms with Crippen molar-refractivity contribution in [1.82, 2.24) is 15.0 Å². The fourth-order valence-corrected chi connectivity index (χ4v) is 4.35. The summed E-state index contributed by atoms with van der Waals surface area (Å²) >= 11 is 0. The highest BCUT2D eigenvalue weighted by atomic mass is 32.2. The van der Waals surface area contributed by atoms with E-state index in [9.17, 15) is 13.2 Å². The molecule has 158 valence electrons. The van der Waals surface area contributed by atoms with Crippen LogP contribution in [-0.4, -0.2) is 48.7 Å². The Bertz CT molecular complexity index is 1130. The predicted molar refractivity (Wildman–Crippen MR) is 114 cm³/mol. The first-order chi connectivity index (χ1) is 14.2. The maximum Gasteiger partial charge on any atom is 0.246 e. The zero-order valence-electron chi connectivity index (χ0n) is 17.3. The van der Waals surface area contributed by atoms with Crippen molar-refractivity contribution >= 4 is 21.6 Å². The summed E-state index contributed by atoms with van der Waals surface area (Å²) in [6.45, 7) is 3.49. The molecular formula is C21H24N4O4S. The molecule has 8 nitrogen and oxygen atoms in total. The Hall–Kier alpha value is -3.20. The molecule has 0 aliphatic rings. The third kappa shape index (κ3) is 4.85. The smallest absolute Gasteiger partial charge is 0.246 e. The zero-order chi connectivity index (χ0) is 21.9. The first kappa shape index (κ1) is 21.5. The number of sulfonamides is 1. The average Bonchev–Trinajstić information content (AvgIpc) is 3.15. The van der Waals surface area contributed by atoms with Crippen molar-refractivity contribution in [2.45, 2.75) is 26.4 Å². The number of amides is 1. The van der Waals surface area contributed by atoms with Crippen molar-refractivity contribution in [1.29, 1.82) is 0 Å². The van der Waals surface area contributed by atoms with Crippen LogP contribution < -0.4 is 4.31 Å². The second-order valence-corrected chi connectivity index (χ2v) is 9.01. The molecule has 0 fully saturated rings. The molecule has 1 amide bonds. The van der Waals surface area contributed by atoms with Crippen LogP contribution in [0.4, 0.5) is 5.69 Å². The summed E-state index contributed by atoms with van der Waals surface area (Å²) in [6.07, 6.45) is 1.09. The van der Waals surface area contributed by atoms with E-state index in [1.165, 1.54) is 4.90 Å². The van der Waals surface area contributed by atoms with Crippen molar-refractivity contribution in [2.24, 2.45) is 0 Å². The Kier molecular flexibility index (Phi) is 6.21. The lowest BCUT2D eigenvalue weighted by Gasteiger charge is -2.30. The first-order valence-electron chi connectivity index (χ1n) is 9.36. The van der Waals surface area contributed by atoms with Crippen LogP contribution in [0.5, 0.6) is 0 Å². The van der Waals surface area contributed by atoms with Crippen molar-refractivity contribution in [2.75, 3.05) is 17.6 Å². The van der Waals surface area contributed by atoms with Gasteiger partial charge in [0.25, 0.3) is 0 Å². The minimum atomic E-state index is -3.68. The number of carbonyl (C=O) groups excluding carboxylic acids is 1. The number of aromatic nitrogens is 2. The Labute approximate surface area is 176 Å². The van der Waals surface area contributed by atoms with E-state index in [4.69, 9.17) is 4.52 Å². The largest absolute Gasteiger partial charge is 0.337 e. The Morgan fingerprint density at radius 1 is 1.13 bits per heavy atom. The fourth-order valence-electron chi connectivity index (χ4n) is 3.19. The van der Waals surface area contributed by atoms with Crippen LogP contribution in [0.3, 0.4) is 0 Å². The lowest BCUT2D eigenvalue weighted by Crippen LogP contribution is -2.48. The van der Waals surface area contributed by atoms with Crippen molar-refractivity contribution in [3.63, 3.8) is 0 Å². The van der Waals surface area contributed by atoms with Gasteiger partial charge in [0.1, 0.15) is 6.04 Å². The minimum Gasteiger partial charge on any atom is -0.337 e. The Morgan fingerprint density at radius 2 is 1.83 bits per heavy atom. The monoisotopic (exact) mass is 428 g/mol. The van der Waals surface area contributed by atoms with E-state index in [0.29, 0.717) is 11.5 Å². The molecule has 9 heteroatoms. The van der Waals surface area contributed by atoms with E-state index >= 15 is 0 Å². The number of aryl methyl sites for hydroxylation is 1. The van der Waals surface area contributed by atoms with Gasteiger partial charge < -0.3 is 9.42 Å². The number of hydrogen-bond acceptors (Lipinski definition) is 6. The summed E-state index contributed by atoms with van der Waals surface area (Å²) in [6, 6.07) is 15.4. The number of nitrogens with zero attached hydrogens (tertiary/aromatic N) is 4. The van der Waals surface area contributed by atoms with Crippen molar-refractivity contribution < 1.29 is 17.7 Å². The van der Waals surface area contributed by atoms with Gasteiger partial charge in [-0.2, -0.15) is 4.98 Å². The van der Waals surface area contributed by atoms with E-state index in [2.05, 4.69) is 10.1 Å². The Balaban J connectivity index is 1.78. The maximum absolute atomic E-state index is 13.0. The molecule has 0 saturated heterocycles. The summed E-state index contributed by atoms with van der Waals surface area (Å²) in [5, 5.41) is 3.94. The molecule has 0 spiro atoms. The van der Waals surface area contributed by atoms with Crippen LogP contribution in [0, 0.1) is 6.92 Å². The number of benzene rings is 2. The zero-order valence-corrected chi connectivity index (χ0v) is 18.1. The highest BCUT2D eigenvalue weighted by molar-refractivity contribution is 7.92. The summed E-state index contributed by atoms with van der Waals surface area (Å²) in [5.41, 5.74) is 2.14. The molecule has 0 saturated carbocycles. The van der Waals surface area contributed by atoms with Crippen molar-refractivity contribution in [3.05, 3.63) is 66.1 Å². The fraction of sp³-hybridized carbons (Fsp3) is 0.286. The molecule has 3 aromatic rings. The minimum absolute atomic E-state index is 0.0639. The molecule has 2 aromatic carbocycles. The molecule has 0 aliphatic carbocycles. The molecule has 3 rings (SSSR count). The summed E-state index contributed by atoms with van der Waals surface area (Å²) in [4.78, 5) is 18.7. The SMILES string of the molecule is Cc1cccc(N([C@H](C)C(=O)N(C)Cc2nc(-c3ccccc3)no2)S(C)(=O)=O)c1. The van der Waals surface area contributed by atoms with Crippen LogP contribution in [-0.2, 0) is 21.4 Å². The summed E-state index contributed by atoms with van der Waals surface area (Å²) in [5.74, 6) is 0.303. The summed E-state index contributed by atoms with van der Waals surface area (Å²) in [7, 11) is -2.11. The van der Waals surface area contributed by atoms with Gasteiger partial charge in [0, 0.05) is 12.6 Å². The topological polar surface area (TPSA) is 96.6 Å². The van der Waals surface area contributed by atoms with Gasteiger partial charge in [-0.05, 0) is 31.5 Å². The van der Waals surface area contributed by atoms with E-state index in [1.807, 2.05) is 43.3 Å². The lowest BCUT2D eigenvalue weighted by atomic mass is 10.2. The van der Waals surface area contributed by atoms with Crippen molar-refractivity contribution in [3.8, 4) is 11.4 Å². The van der Waals surface area contributed by atoms with Gasteiger partial charge in [0.15, 0.2) is 0 Å². The molecule has 1 heterocycles. The maximum atomic E-state index is 13.0. The van der Waals surface area contributed by atoms with Gasteiger partial charge in [-0.1, -0.05) is 47.6 Å². The van der Waals surface area contributed by atoms with Gasteiger partial charge in [0.2, 0.25) is 27.6 Å². The quantitative estimate of drug-likeness (QED) is 0.574. The third-order valence-corrected chi connectivity index (χ3v) is 5.81. The standard InChI is InChI=1S/C21H24N4O4S/c1-15-9-8-12-18(13-15)25(30(4,27)28)16(2)21(26)24(3)14-19-22-20(23-29-19)17-10-6-5-7-11-17/h5-13,16H,14H2,1-4H3/t16-/m1/s1. The lowest BCUT2D eigenvalue weighted by molar-refractivity contribution is -0.131. The van der Waals surface area contributed by atoms with Crippen LogP contribution >= 0.6 is 0 Å². The number of anilines is 1. The van der Waals surface area contributed by atoms with Crippen LogP contribution in [0.15, 0.2) is 59.1 Å². The molecular weight excluding hydrogens is 404 g/mol. The molecule has 0 radical (unpaired) electrons. The second kappa shape index (κ2) is 8.66. The van der Waals surface area contributed by atoms with E-state index in [0.717, 1.165) is 21.7 Å². The normalized spacial score (nSPS) is 12.4. The number of carbonyl (C=O) groups is 1. The highest BCUT2D eigenvalue weighted by Crippen LogP contribution is 2.23. The van der Waals surface area contributed by atoms with E-state index < -0.39 is 16.1 Å². The van der Waals surface area contributed by atoms with Crippen LogP contribution in [0.25, 0.3) is 11.4 Å². The van der Waals surface area contributed by atoms with Gasteiger partial charge >= 0.3 is 0 Å². The van der Waals surface area contributed by atoms with Crippen LogP contribution in [0.2, 0.25) is 0 Å². The molecule has 1 aromatic heterocycles. The number of rotatable bonds is 7. The highest BCUT2D eigenvalue weighted by Gasteiger charge is 2.31. The molecule has 30 heavy (non-hydrogen) atoms. The summed E-state index contributed by atoms with van der Waals surface area (Å²) < 4.78 is 31.3. The van der Waals surface area contributed by atoms with Crippen LogP contribution in [0.1, 0.15) is 18.4 Å². The first-order valence-corrected chi connectivity index (χ1v) is 11.2. The molecule has 0 unspecified atom stereocenters. The average molecular weight is 429 g/mol. The van der Waals surface area contributed by atoms with Gasteiger partial charge in [-0.3, -0.25) is 9.10 Å². The molecule has 0 N–H and O–H groups in total. The van der Waals surface area contributed by atoms with E-state index in [1.54, 1.807) is 32.2 Å². The predicted octanol–water partition coefficient (Wildman–Crippen LogP) is 2.86. The third-order valence-electron chi connectivity index (χ3n) is 4.57. The number of likely N-dealkylation sites (N-methyl/N-ethyl adjacent to an activating group) is 1. The number of hydrogen-bond donors (Lipinski definition) is 0. The molecule has 0 aliphatic heterocycles. The van der Waals surface area contributed by atoms with Gasteiger partial charge in [-0.15, -0.1) is 0 Å². The van der Waals surface area contributed by atoms with Gasteiger partial charge in [-0.25, -0.2) is 8.42 Å². The molecule has 1 atom stereocenters. The van der Waals surface area contributed by atoms with E-state index in [-0.39, 0.29) is 18.3 Å².